The standard InChI is InChI=1S/C26H25ClN2O4S2/c1-2-33-21(30)14-4-3-9-15-28-25(32)23(35-26(28)34)22-18-11-6-8-13-20(18)29(24(22)31)16-17-10-5-7-12-19(17)27/h5-8,10-13H,2-4,9,14-16H2,1H3/b23-22-. The van der Waals surface area contributed by atoms with Crippen LogP contribution < -0.4 is 4.90 Å². The molecule has 6 nitrogen and oxygen atoms in total. The summed E-state index contributed by atoms with van der Waals surface area (Å²) in [5.74, 6) is -0.688. The molecule has 0 radical (unpaired) electrons. The molecule has 2 aliphatic rings. The van der Waals surface area contributed by atoms with Crippen LogP contribution in [0.5, 0.6) is 0 Å². The second kappa shape index (κ2) is 11.4. The van der Waals surface area contributed by atoms with Crippen molar-refractivity contribution < 1.29 is 19.1 Å². The molecule has 1 fully saturated rings. The van der Waals surface area contributed by atoms with Crippen molar-refractivity contribution in [2.45, 2.75) is 39.2 Å². The third-order valence-corrected chi connectivity index (χ3v) is 7.67. The molecule has 0 aliphatic carbocycles. The maximum absolute atomic E-state index is 13.6. The minimum Gasteiger partial charge on any atom is -0.466 e. The smallest absolute Gasteiger partial charge is 0.305 e. The lowest BCUT2D eigenvalue weighted by molar-refractivity contribution is -0.143. The van der Waals surface area contributed by atoms with Crippen molar-refractivity contribution in [3.8, 4) is 0 Å². The lowest BCUT2D eigenvalue weighted by Gasteiger charge is -2.18. The van der Waals surface area contributed by atoms with Gasteiger partial charge in [0.05, 0.1) is 29.3 Å². The van der Waals surface area contributed by atoms with E-state index in [-0.39, 0.29) is 17.8 Å². The molecule has 182 valence electrons. The topological polar surface area (TPSA) is 66.9 Å². The summed E-state index contributed by atoms with van der Waals surface area (Å²) in [6.07, 6.45) is 2.53. The van der Waals surface area contributed by atoms with Gasteiger partial charge in [0.2, 0.25) is 0 Å². The summed E-state index contributed by atoms with van der Waals surface area (Å²) in [7, 11) is 0. The number of carbonyl (C=O) groups is 3. The van der Waals surface area contributed by atoms with Crippen molar-refractivity contribution in [3.63, 3.8) is 0 Å². The van der Waals surface area contributed by atoms with Crippen molar-refractivity contribution in [2.75, 3.05) is 18.1 Å². The van der Waals surface area contributed by atoms with Gasteiger partial charge in [0.1, 0.15) is 4.32 Å². The number of carbonyl (C=O) groups excluding carboxylic acids is 3. The largest absolute Gasteiger partial charge is 0.466 e. The lowest BCUT2D eigenvalue weighted by Crippen LogP contribution is -2.30. The fourth-order valence-electron chi connectivity index (χ4n) is 4.14. The number of rotatable bonds is 9. The number of nitrogens with zero attached hydrogens (tertiary/aromatic N) is 2. The number of thioether (sulfide) groups is 1. The van der Waals surface area contributed by atoms with Crippen molar-refractivity contribution in [1.29, 1.82) is 0 Å². The molecule has 2 amide bonds. The van der Waals surface area contributed by atoms with Gasteiger partial charge in [0.15, 0.2) is 0 Å². The molecule has 2 aromatic carbocycles. The molecule has 0 aromatic heterocycles. The Bertz CT molecular complexity index is 1210. The summed E-state index contributed by atoms with van der Waals surface area (Å²) in [6.45, 7) is 2.91. The first kappa shape index (κ1) is 25.4. The molecule has 2 aliphatic heterocycles. The normalized spacial score (nSPS) is 17.4. The SMILES string of the molecule is CCOC(=O)CCCCCN1C(=O)/C(=C2/C(=O)N(Cc3ccccc3Cl)c3ccccc32)SC1=S. The summed E-state index contributed by atoms with van der Waals surface area (Å²) in [6, 6.07) is 14.9. The monoisotopic (exact) mass is 528 g/mol. The van der Waals surface area contributed by atoms with Crippen LogP contribution in [0.4, 0.5) is 5.69 Å². The maximum atomic E-state index is 13.6. The number of para-hydroxylation sites is 1. The highest BCUT2D eigenvalue weighted by molar-refractivity contribution is 8.26. The average Bonchev–Trinajstić information content (AvgIpc) is 3.27. The number of ether oxygens (including phenoxy) is 1. The number of benzene rings is 2. The molecule has 0 N–H and O–H groups in total. The highest BCUT2D eigenvalue weighted by atomic mass is 35.5. The van der Waals surface area contributed by atoms with E-state index in [1.807, 2.05) is 42.5 Å². The van der Waals surface area contributed by atoms with Gasteiger partial charge in [-0.25, -0.2) is 0 Å². The van der Waals surface area contributed by atoms with Crippen LogP contribution in [0, 0.1) is 0 Å². The van der Waals surface area contributed by atoms with Crippen LogP contribution in [0.15, 0.2) is 53.4 Å². The van der Waals surface area contributed by atoms with Gasteiger partial charge in [-0.05, 0) is 37.5 Å². The Morgan fingerprint density at radius 1 is 1.00 bits per heavy atom. The average molecular weight is 529 g/mol. The molecule has 1 saturated heterocycles. The van der Waals surface area contributed by atoms with Crippen molar-refractivity contribution in [2.24, 2.45) is 0 Å². The number of fused-ring (bicyclic) bond motifs is 1. The Balaban J connectivity index is 1.51. The predicted octanol–water partition coefficient (Wildman–Crippen LogP) is 5.58. The maximum Gasteiger partial charge on any atom is 0.305 e. The van der Waals surface area contributed by atoms with Crippen LogP contribution >= 0.6 is 35.6 Å². The van der Waals surface area contributed by atoms with Crippen molar-refractivity contribution >= 4 is 68.9 Å². The second-order valence-corrected chi connectivity index (χ2v) is 10.2. The van der Waals surface area contributed by atoms with E-state index < -0.39 is 0 Å². The number of hydrogen-bond acceptors (Lipinski definition) is 6. The Kier molecular flexibility index (Phi) is 8.26. The minimum atomic E-state index is -0.247. The molecule has 0 atom stereocenters. The Morgan fingerprint density at radius 3 is 2.51 bits per heavy atom. The van der Waals surface area contributed by atoms with Crippen molar-refractivity contribution in [3.05, 3.63) is 69.6 Å². The van der Waals surface area contributed by atoms with E-state index >= 15 is 0 Å². The number of hydrogen-bond donors (Lipinski definition) is 0. The number of anilines is 1. The molecule has 9 heteroatoms. The third kappa shape index (κ3) is 5.44. The van der Waals surface area contributed by atoms with Gasteiger partial charge in [-0.1, -0.05) is 78.4 Å². The van der Waals surface area contributed by atoms with E-state index in [1.54, 1.807) is 22.8 Å². The van der Waals surface area contributed by atoms with E-state index in [0.29, 0.717) is 58.8 Å². The molecule has 2 heterocycles. The van der Waals surface area contributed by atoms with Crippen LogP contribution in [0.3, 0.4) is 0 Å². The number of amides is 2. The second-order valence-electron chi connectivity index (χ2n) is 8.14. The van der Waals surface area contributed by atoms with Crippen LogP contribution in [0.25, 0.3) is 5.57 Å². The highest BCUT2D eigenvalue weighted by Gasteiger charge is 2.41. The lowest BCUT2D eigenvalue weighted by atomic mass is 10.1. The number of esters is 1. The third-order valence-electron chi connectivity index (χ3n) is 5.85. The quantitative estimate of drug-likeness (QED) is 0.183. The summed E-state index contributed by atoms with van der Waals surface area (Å²) in [4.78, 5) is 42.0. The van der Waals surface area contributed by atoms with E-state index in [0.717, 1.165) is 23.2 Å². The first-order valence-corrected chi connectivity index (χ1v) is 13.1. The van der Waals surface area contributed by atoms with Crippen molar-refractivity contribution in [1.82, 2.24) is 4.90 Å². The van der Waals surface area contributed by atoms with Gasteiger partial charge in [-0.3, -0.25) is 19.3 Å². The van der Waals surface area contributed by atoms with Gasteiger partial charge in [-0.2, -0.15) is 0 Å². The van der Waals surface area contributed by atoms with Gasteiger partial charge in [-0.15, -0.1) is 0 Å². The molecule has 0 spiro atoms. The fraction of sp³-hybridized carbons (Fsp3) is 0.308. The molecule has 35 heavy (non-hydrogen) atoms. The summed E-state index contributed by atoms with van der Waals surface area (Å²) < 4.78 is 5.38. The van der Waals surface area contributed by atoms with Gasteiger partial charge in [0.25, 0.3) is 11.8 Å². The molecule has 0 bridgehead atoms. The first-order valence-electron chi connectivity index (χ1n) is 11.5. The summed E-state index contributed by atoms with van der Waals surface area (Å²) >= 11 is 13.0. The zero-order valence-electron chi connectivity index (χ0n) is 19.3. The van der Waals surface area contributed by atoms with Gasteiger partial charge < -0.3 is 9.64 Å². The first-order chi connectivity index (χ1) is 16.9. The zero-order chi connectivity index (χ0) is 24.9. The van der Waals surface area contributed by atoms with Gasteiger partial charge in [0, 0.05) is 23.6 Å². The number of thiocarbonyl (C=S) groups is 1. The van der Waals surface area contributed by atoms with Crippen LogP contribution in [0.1, 0.15) is 43.7 Å². The molecule has 0 saturated carbocycles. The molecule has 4 rings (SSSR count). The predicted molar refractivity (Wildman–Crippen MR) is 143 cm³/mol. The molecular weight excluding hydrogens is 504 g/mol. The number of unbranched alkanes of at least 4 members (excludes halogenated alkanes) is 2. The number of halogens is 1. The molecule has 0 unspecified atom stereocenters. The zero-order valence-corrected chi connectivity index (χ0v) is 21.7. The summed E-state index contributed by atoms with van der Waals surface area (Å²) in [5, 5.41) is 0.584. The summed E-state index contributed by atoms with van der Waals surface area (Å²) in [5.41, 5.74) is 2.68. The van der Waals surface area contributed by atoms with E-state index in [2.05, 4.69) is 0 Å². The van der Waals surface area contributed by atoms with E-state index in [4.69, 9.17) is 28.6 Å². The molecule has 2 aromatic rings. The van der Waals surface area contributed by atoms with Crippen LogP contribution in [0.2, 0.25) is 5.02 Å². The van der Waals surface area contributed by atoms with Gasteiger partial charge >= 0.3 is 5.97 Å². The molecular formula is C26H25ClN2O4S2. The van der Waals surface area contributed by atoms with Crippen LogP contribution in [-0.2, 0) is 25.7 Å². The Labute approximate surface area is 219 Å². The Hall–Kier alpha value is -2.68. The minimum absolute atomic E-state index is 0.206. The van der Waals surface area contributed by atoms with E-state index in [1.165, 1.54) is 11.8 Å². The Morgan fingerprint density at radius 2 is 1.74 bits per heavy atom. The van der Waals surface area contributed by atoms with E-state index in [9.17, 15) is 14.4 Å². The fourth-order valence-corrected chi connectivity index (χ4v) is 5.72. The highest BCUT2D eigenvalue weighted by Crippen LogP contribution is 2.45. The van der Waals surface area contributed by atoms with Crippen LogP contribution in [-0.4, -0.2) is 40.2 Å².